The second kappa shape index (κ2) is 10.6. The minimum atomic E-state index is -0.307. The third-order valence-corrected chi connectivity index (χ3v) is 5.45. The van der Waals surface area contributed by atoms with Gasteiger partial charge in [-0.15, -0.1) is 0 Å². The maximum Gasteiger partial charge on any atom is 0.320 e. The Morgan fingerprint density at radius 3 is 2.44 bits per heavy atom. The van der Waals surface area contributed by atoms with E-state index in [1.54, 1.807) is 7.11 Å². The second-order valence-corrected chi connectivity index (χ2v) is 7.67. The van der Waals surface area contributed by atoms with Crippen molar-refractivity contribution in [3.8, 4) is 5.75 Å². The van der Waals surface area contributed by atoms with Crippen LogP contribution >= 0.6 is 0 Å². The minimum absolute atomic E-state index is 0.307. The molecule has 0 atom stereocenters. The standard InChI is InChI=1S/C24H28N6O2/c1-32-21-9-7-19(8-10-21)16-25-24(31)28-22-15-23(27-18-26-22)30-13-11-29(12-14-30)17-20-5-3-2-4-6-20/h2-10,15,18H,11-14,16-17H2,1H3,(H2,25,26,27,28,31). The lowest BCUT2D eigenvalue weighted by Crippen LogP contribution is -2.46. The highest BCUT2D eigenvalue weighted by Gasteiger charge is 2.18. The molecule has 3 aromatic rings. The van der Waals surface area contributed by atoms with Gasteiger partial charge in [-0.05, 0) is 23.3 Å². The van der Waals surface area contributed by atoms with Crippen LogP contribution in [-0.4, -0.2) is 54.2 Å². The van der Waals surface area contributed by atoms with Crippen LogP contribution in [0, 0.1) is 0 Å². The summed E-state index contributed by atoms with van der Waals surface area (Å²) < 4.78 is 5.15. The van der Waals surface area contributed by atoms with Gasteiger partial charge in [-0.3, -0.25) is 10.2 Å². The molecule has 2 amide bonds. The Bertz CT molecular complexity index is 1000. The number of methoxy groups -OCH3 is 1. The van der Waals surface area contributed by atoms with Gasteiger partial charge in [0.25, 0.3) is 0 Å². The van der Waals surface area contributed by atoms with E-state index in [2.05, 4.69) is 54.7 Å². The van der Waals surface area contributed by atoms with Crippen molar-refractivity contribution in [1.29, 1.82) is 0 Å². The molecule has 1 saturated heterocycles. The summed E-state index contributed by atoms with van der Waals surface area (Å²) in [6, 6.07) is 19.6. The topological polar surface area (TPSA) is 82.6 Å². The van der Waals surface area contributed by atoms with E-state index in [1.165, 1.54) is 11.9 Å². The smallest absolute Gasteiger partial charge is 0.320 e. The number of benzene rings is 2. The predicted octanol–water partition coefficient (Wildman–Crippen LogP) is 3.13. The number of anilines is 2. The van der Waals surface area contributed by atoms with Crippen molar-refractivity contribution < 1.29 is 9.53 Å². The monoisotopic (exact) mass is 432 g/mol. The van der Waals surface area contributed by atoms with Crippen LogP contribution in [0.2, 0.25) is 0 Å². The summed E-state index contributed by atoms with van der Waals surface area (Å²) in [5, 5.41) is 5.63. The lowest BCUT2D eigenvalue weighted by Gasteiger charge is -2.35. The van der Waals surface area contributed by atoms with Crippen LogP contribution in [0.5, 0.6) is 5.75 Å². The van der Waals surface area contributed by atoms with Gasteiger partial charge in [-0.25, -0.2) is 14.8 Å². The minimum Gasteiger partial charge on any atom is -0.497 e. The van der Waals surface area contributed by atoms with Gasteiger partial charge in [0.15, 0.2) is 0 Å². The number of urea groups is 1. The molecule has 2 aromatic carbocycles. The maximum atomic E-state index is 12.3. The molecule has 4 rings (SSSR count). The quantitative estimate of drug-likeness (QED) is 0.597. The summed E-state index contributed by atoms with van der Waals surface area (Å²) in [5.74, 6) is 2.09. The molecule has 0 unspecified atom stereocenters. The zero-order valence-corrected chi connectivity index (χ0v) is 18.2. The number of amides is 2. The zero-order chi connectivity index (χ0) is 22.2. The highest BCUT2D eigenvalue weighted by molar-refractivity contribution is 5.88. The number of carbonyl (C=O) groups excluding carboxylic acids is 1. The van der Waals surface area contributed by atoms with Gasteiger partial charge in [-0.1, -0.05) is 42.5 Å². The zero-order valence-electron chi connectivity index (χ0n) is 18.2. The fourth-order valence-electron chi connectivity index (χ4n) is 3.65. The van der Waals surface area contributed by atoms with Crippen LogP contribution in [0.15, 0.2) is 67.0 Å². The Hall–Kier alpha value is -3.65. The first-order valence-electron chi connectivity index (χ1n) is 10.7. The van der Waals surface area contributed by atoms with E-state index in [0.29, 0.717) is 12.4 Å². The van der Waals surface area contributed by atoms with Crippen LogP contribution < -0.4 is 20.3 Å². The van der Waals surface area contributed by atoms with E-state index in [1.807, 2.05) is 36.4 Å². The summed E-state index contributed by atoms with van der Waals surface area (Å²) in [6.07, 6.45) is 1.49. The third-order valence-electron chi connectivity index (χ3n) is 5.45. The van der Waals surface area contributed by atoms with Crippen molar-refractivity contribution in [3.05, 3.63) is 78.1 Å². The lowest BCUT2D eigenvalue weighted by molar-refractivity contribution is 0.249. The number of aromatic nitrogens is 2. The summed E-state index contributed by atoms with van der Waals surface area (Å²) in [6.45, 7) is 5.06. The fraction of sp³-hybridized carbons (Fsp3) is 0.292. The average molecular weight is 433 g/mol. The van der Waals surface area contributed by atoms with Crippen molar-refractivity contribution in [2.75, 3.05) is 43.5 Å². The first kappa shape index (κ1) is 21.6. The molecule has 0 saturated carbocycles. The summed E-state index contributed by atoms with van der Waals surface area (Å²) in [4.78, 5) is 25.5. The van der Waals surface area contributed by atoms with E-state index >= 15 is 0 Å². The molecule has 2 N–H and O–H groups in total. The second-order valence-electron chi connectivity index (χ2n) is 7.67. The van der Waals surface area contributed by atoms with Crippen molar-refractivity contribution in [2.45, 2.75) is 13.1 Å². The van der Waals surface area contributed by atoms with E-state index in [4.69, 9.17) is 4.74 Å². The van der Waals surface area contributed by atoms with Crippen molar-refractivity contribution in [1.82, 2.24) is 20.2 Å². The van der Waals surface area contributed by atoms with Gasteiger partial charge in [0.1, 0.15) is 23.7 Å². The molecule has 1 aliphatic heterocycles. The molecule has 0 radical (unpaired) electrons. The third kappa shape index (κ3) is 5.95. The Morgan fingerprint density at radius 1 is 0.969 bits per heavy atom. The van der Waals surface area contributed by atoms with Crippen molar-refractivity contribution >= 4 is 17.7 Å². The van der Waals surface area contributed by atoms with Crippen LogP contribution in [0.1, 0.15) is 11.1 Å². The molecule has 1 aliphatic rings. The molecule has 0 aliphatic carbocycles. The summed E-state index contributed by atoms with van der Waals surface area (Å²) >= 11 is 0. The summed E-state index contributed by atoms with van der Waals surface area (Å²) in [7, 11) is 1.63. The van der Waals surface area contributed by atoms with Gasteiger partial charge in [0.2, 0.25) is 0 Å². The van der Waals surface area contributed by atoms with Crippen LogP contribution in [-0.2, 0) is 13.1 Å². The average Bonchev–Trinajstić information content (AvgIpc) is 2.84. The lowest BCUT2D eigenvalue weighted by atomic mass is 10.2. The number of ether oxygens (including phenoxy) is 1. The Kier molecular flexibility index (Phi) is 7.14. The molecule has 32 heavy (non-hydrogen) atoms. The van der Waals surface area contributed by atoms with Gasteiger partial charge < -0.3 is 15.0 Å². The summed E-state index contributed by atoms with van der Waals surface area (Å²) in [5.41, 5.74) is 2.31. The molecule has 8 nitrogen and oxygen atoms in total. The van der Waals surface area contributed by atoms with Gasteiger partial charge >= 0.3 is 6.03 Å². The molecule has 0 spiro atoms. The van der Waals surface area contributed by atoms with Crippen LogP contribution in [0.25, 0.3) is 0 Å². The van der Waals surface area contributed by atoms with Gasteiger partial charge in [0.05, 0.1) is 7.11 Å². The van der Waals surface area contributed by atoms with E-state index in [-0.39, 0.29) is 6.03 Å². The highest BCUT2D eigenvalue weighted by Crippen LogP contribution is 2.17. The van der Waals surface area contributed by atoms with Crippen molar-refractivity contribution in [3.63, 3.8) is 0 Å². The SMILES string of the molecule is COc1ccc(CNC(=O)Nc2cc(N3CCN(Cc4ccccc4)CC3)ncn2)cc1. The first-order valence-corrected chi connectivity index (χ1v) is 10.7. The first-order chi connectivity index (χ1) is 15.7. The number of hydrogen-bond acceptors (Lipinski definition) is 6. The fourth-order valence-corrected chi connectivity index (χ4v) is 3.65. The predicted molar refractivity (Wildman–Crippen MR) is 125 cm³/mol. The highest BCUT2D eigenvalue weighted by atomic mass is 16.5. The number of nitrogens with one attached hydrogen (secondary N) is 2. The maximum absolute atomic E-state index is 12.3. The molecular formula is C24H28N6O2. The van der Waals surface area contributed by atoms with Crippen LogP contribution in [0.4, 0.5) is 16.4 Å². The molecule has 1 fully saturated rings. The largest absolute Gasteiger partial charge is 0.497 e. The van der Waals surface area contributed by atoms with E-state index in [0.717, 1.165) is 49.9 Å². The van der Waals surface area contributed by atoms with E-state index < -0.39 is 0 Å². The molecular weight excluding hydrogens is 404 g/mol. The number of piperazine rings is 1. The van der Waals surface area contributed by atoms with E-state index in [9.17, 15) is 4.79 Å². The van der Waals surface area contributed by atoms with Gasteiger partial charge in [0, 0.05) is 45.3 Å². The number of hydrogen-bond donors (Lipinski definition) is 2. The Morgan fingerprint density at radius 2 is 1.72 bits per heavy atom. The molecule has 166 valence electrons. The van der Waals surface area contributed by atoms with Crippen molar-refractivity contribution in [2.24, 2.45) is 0 Å². The molecule has 0 bridgehead atoms. The Balaban J connectivity index is 1.26. The number of carbonyl (C=O) groups is 1. The van der Waals surface area contributed by atoms with Gasteiger partial charge in [-0.2, -0.15) is 0 Å². The molecule has 8 heteroatoms. The molecule has 1 aromatic heterocycles. The Labute approximate surface area is 188 Å². The number of rotatable bonds is 7. The van der Waals surface area contributed by atoms with Crippen LogP contribution in [0.3, 0.4) is 0 Å². The molecule has 2 heterocycles. The normalized spacial score (nSPS) is 14.1. The number of nitrogens with zero attached hydrogens (tertiary/aromatic N) is 4.